The standard InChI is InChI=1S/C10H14N2O2/c1-14-10(4-2-3-5-10)9-11-6-8(7-13)12-9/h6-7H,2-5H2,1H3,(H,11,12). The second-order valence-electron chi connectivity index (χ2n) is 3.71. The number of carbonyl (C=O) groups excluding carboxylic acids is 1. The molecule has 0 saturated heterocycles. The highest BCUT2D eigenvalue weighted by Crippen LogP contribution is 2.39. The number of aromatic nitrogens is 2. The maximum atomic E-state index is 10.5. The summed E-state index contributed by atoms with van der Waals surface area (Å²) >= 11 is 0. The number of hydrogen-bond donors (Lipinski definition) is 1. The first kappa shape index (κ1) is 9.40. The zero-order valence-corrected chi connectivity index (χ0v) is 8.25. The molecule has 14 heavy (non-hydrogen) atoms. The quantitative estimate of drug-likeness (QED) is 0.744. The number of nitrogens with zero attached hydrogens (tertiary/aromatic N) is 1. The van der Waals surface area contributed by atoms with Crippen LogP contribution in [-0.2, 0) is 10.3 Å². The molecule has 76 valence electrons. The molecular formula is C10H14N2O2. The van der Waals surface area contributed by atoms with Crippen LogP contribution in [0.2, 0.25) is 0 Å². The Labute approximate surface area is 82.7 Å². The SMILES string of the molecule is COC1(c2ncc(C=O)[nH]2)CCCC1. The first-order valence-electron chi connectivity index (χ1n) is 4.86. The van der Waals surface area contributed by atoms with Crippen molar-refractivity contribution in [3.63, 3.8) is 0 Å². The van der Waals surface area contributed by atoms with Crippen LogP contribution in [0.1, 0.15) is 42.0 Å². The van der Waals surface area contributed by atoms with Crippen LogP contribution in [0, 0.1) is 0 Å². The Morgan fingerprint density at radius 3 is 2.79 bits per heavy atom. The molecule has 0 amide bonds. The molecule has 0 unspecified atom stereocenters. The number of rotatable bonds is 3. The van der Waals surface area contributed by atoms with Crippen LogP contribution >= 0.6 is 0 Å². The van der Waals surface area contributed by atoms with E-state index < -0.39 is 0 Å². The van der Waals surface area contributed by atoms with Crippen molar-refractivity contribution in [2.24, 2.45) is 0 Å². The van der Waals surface area contributed by atoms with Crippen LogP contribution in [-0.4, -0.2) is 23.4 Å². The van der Waals surface area contributed by atoms with Crippen molar-refractivity contribution in [2.45, 2.75) is 31.3 Å². The molecule has 0 atom stereocenters. The van der Waals surface area contributed by atoms with Crippen LogP contribution in [0.3, 0.4) is 0 Å². The van der Waals surface area contributed by atoms with Crippen molar-refractivity contribution >= 4 is 6.29 Å². The van der Waals surface area contributed by atoms with Crippen molar-refractivity contribution in [3.05, 3.63) is 17.7 Å². The van der Waals surface area contributed by atoms with Crippen molar-refractivity contribution in [3.8, 4) is 0 Å². The summed E-state index contributed by atoms with van der Waals surface area (Å²) in [7, 11) is 1.70. The van der Waals surface area contributed by atoms with Gasteiger partial charge in [-0.25, -0.2) is 4.98 Å². The predicted octanol–water partition coefficient (Wildman–Crippen LogP) is 1.64. The monoisotopic (exact) mass is 194 g/mol. The van der Waals surface area contributed by atoms with Gasteiger partial charge in [-0.3, -0.25) is 4.79 Å². The van der Waals surface area contributed by atoms with Gasteiger partial charge in [-0.05, 0) is 25.7 Å². The summed E-state index contributed by atoms with van der Waals surface area (Å²) in [5.74, 6) is 0.791. The third kappa shape index (κ3) is 1.35. The van der Waals surface area contributed by atoms with Crippen LogP contribution in [0.15, 0.2) is 6.20 Å². The Morgan fingerprint density at radius 1 is 1.57 bits per heavy atom. The van der Waals surface area contributed by atoms with Gasteiger partial charge < -0.3 is 9.72 Å². The number of aldehydes is 1. The first-order valence-corrected chi connectivity index (χ1v) is 4.86. The van der Waals surface area contributed by atoms with Crippen LogP contribution < -0.4 is 0 Å². The van der Waals surface area contributed by atoms with Crippen molar-refractivity contribution < 1.29 is 9.53 Å². The molecule has 0 bridgehead atoms. The largest absolute Gasteiger partial charge is 0.370 e. The summed E-state index contributed by atoms with van der Waals surface area (Å²) in [6.45, 7) is 0. The average molecular weight is 194 g/mol. The fourth-order valence-corrected chi connectivity index (χ4v) is 2.11. The maximum absolute atomic E-state index is 10.5. The number of aromatic amines is 1. The molecule has 0 radical (unpaired) electrons. The van der Waals surface area contributed by atoms with E-state index in [1.165, 1.54) is 0 Å². The molecular weight excluding hydrogens is 180 g/mol. The van der Waals surface area contributed by atoms with Gasteiger partial charge in [-0.1, -0.05) is 0 Å². The van der Waals surface area contributed by atoms with Gasteiger partial charge in [-0.15, -0.1) is 0 Å². The second-order valence-corrected chi connectivity index (χ2v) is 3.71. The Morgan fingerprint density at radius 2 is 2.29 bits per heavy atom. The zero-order valence-electron chi connectivity index (χ0n) is 8.25. The molecule has 0 aliphatic heterocycles. The third-order valence-corrected chi connectivity index (χ3v) is 2.96. The van der Waals surface area contributed by atoms with Crippen molar-refractivity contribution in [1.29, 1.82) is 0 Å². The topological polar surface area (TPSA) is 55.0 Å². The number of imidazole rings is 1. The Balaban J connectivity index is 2.30. The van der Waals surface area contributed by atoms with Crippen LogP contribution in [0.25, 0.3) is 0 Å². The summed E-state index contributed by atoms with van der Waals surface area (Å²) in [6.07, 6.45) is 6.61. The van der Waals surface area contributed by atoms with Gasteiger partial charge >= 0.3 is 0 Å². The Kier molecular flexibility index (Phi) is 2.37. The highest BCUT2D eigenvalue weighted by atomic mass is 16.5. The minimum atomic E-state index is -0.277. The number of nitrogens with one attached hydrogen (secondary N) is 1. The Bertz CT molecular complexity index is 327. The molecule has 4 heteroatoms. The van der Waals surface area contributed by atoms with E-state index in [9.17, 15) is 4.79 Å². The maximum Gasteiger partial charge on any atom is 0.167 e. The molecule has 1 saturated carbocycles. The Hall–Kier alpha value is -1.16. The summed E-state index contributed by atoms with van der Waals surface area (Å²) in [5, 5.41) is 0. The van der Waals surface area contributed by atoms with E-state index >= 15 is 0 Å². The lowest BCUT2D eigenvalue weighted by Crippen LogP contribution is -2.26. The normalized spacial score (nSPS) is 19.8. The van der Waals surface area contributed by atoms with Gasteiger partial charge in [0.2, 0.25) is 0 Å². The molecule has 1 fully saturated rings. The summed E-state index contributed by atoms with van der Waals surface area (Å²) in [5.41, 5.74) is 0.240. The van der Waals surface area contributed by atoms with Crippen molar-refractivity contribution in [2.75, 3.05) is 7.11 Å². The highest BCUT2D eigenvalue weighted by Gasteiger charge is 2.38. The van der Waals surface area contributed by atoms with Crippen molar-refractivity contribution in [1.82, 2.24) is 9.97 Å². The number of H-pyrrole nitrogens is 1. The summed E-state index contributed by atoms with van der Waals surface area (Å²) < 4.78 is 5.53. The molecule has 0 spiro atoms. The molecule has 1 heterocycles. The second kappa shape index (κ2) is 3.53. The van der Waals surface area contributed by atoms with E-state index in [2.05, 4.69) is 9.97 Å². The smallest absolute Gasteiger partial charge is 0.167 e. The number of methoxy groups -OCH3 is 1. The van der Waals surface area contributed by atoms with Gasteiger partial charge in [0.25, 0.3) is 0 Å². The van der Waals surface area contributed by atoms with E-state index in [-0.39, 0.29) is 5.60 Å². The highest BCUT2D eigenvalue weighted by molar-refractivity contribution is 5.71. The molecule has 1 aliphatic rings. The minimum absolute atomic E-state index is 0.277. The third-order valence-electron chi connectivity index (χ3n) is 2.96. The van der Waals surface area contributed by atoms with Crippen LogP contribution in [0.5, 0.6) is 0 Å². The van der Waals surface area contributed by atoms with E-state index in [0.29, 0.717) is 5.69 Å². The molecule has 1 aromatic heterocycles. The fourth-order valence-electron chi connectivity index (χ4n) is 2.11. The zero-order chi connectivity index (χ0) is 10.0. The average Bonchev–Trinajstić information content (AvgIpc) is 2.87. The lowest BCUT2D eigenvalue weighted by atomic mass is 10.0. The van der Waals surface area contributed by atoms with E-state index in [1.807, 2.05) is 0 Å². The van der Waals surface area contributed by atoms with Gasteiger partial charge in [0.15, 0.2) is 6.29 Å². The lowest BCUT2D eigenvalue weighted by Gasteiger charge is -2.24. The van der Waals surface area contributed by atoms with E-state index in [0.717, 1.165) is 37.8 Å². The molecule has 1 N–H and O–H groups in total. The number of ether oxygens (including phenoxy) is 1. The van der Waals surface area contributed by atoms with Gasteiger partial charge in [0.05, 0.1) is 11.9 Å². The molecule has 1 aliphatic carbocycles. The van der Waals surface area contributed by atoms with E-state index in [1.54, 1.807) is 13.3 Å². The van der Waals surface area contributed by atoms with Gasteiger partial charge in [0.1, 0.15) is 11.4 Å². The number of carbonyl (C=O) groups is 1. The minimum Gasteiger partial charge on any atom is -0.370 e. The molecule has 2 rings (SSSR count). The predicted molar refractivity (Wildman–Crippen MR) is 51.1 cm³/mol. The summed E-state index contributed by atoms with van der Waals surface area (Å²) in [4.78, 5) is 17.7. The number of hydrogen-bond acceptors (Lipinski definition) is 3. The van der Waals surface area contributed by atoms with Gasteiger partial charge in [0, 0.05) is 7.11 Å². The lowest BCUT2D eigenvalue weighted by molar-refractivity contribution is -0.0156. The summed E-state index contributed by atoms with van der Waals surface area (Å²) in [6, 6.07) is 0. The molecule has 4 nitrogen and oxygen atoms in total. The van der Waals surface area contributed by atoms with E-state index in [4.69, 9.17) is 4.74 Å². The molecule has 1 aromatic rings. The molecule has 0 aromatic carbocycles. The van der Waals surface area contributed by atoms with Crippen LogP contribution in [0.4, 0.5) is 0 Å². The first-order chi connectivity index (χ1) is 6.80. The van der Waals surface area contributed by atoms with Gasteiger partial charge in [-0.2, -0.15) is 0 Å². The fraction of sp³-hybridized carbons (Fsp3) is 0.600.